The molecule has 0 aliphatic heterocycles. The molecule has 88 valence electrons. The van der Waals surface area contributed by atoms with Crippen molar-refractivity contribution in [3.8, 4) is 0 Å². The molecule has 2 aromatic carbocycles. The molecule has 3 rings (SSSR count). The van der Waals surface area contributed by atoms with Crippen molar-refractivity contribution >= 4 is 32.7 Å². The average molecular weight is 301 g/mol. The summed E-state index contributed by atoms with van der Waals surface area (Å²) < 4.78 is 6.47. The van der Waals surface area contributed by atoms with Crippen molar-refractivity contribution in [2.75, 3.05) is 0 Å². The number of hydrogen-bond donors (Lipinski definition) is 0. The van der Waals surface area contributed by atoms with Crippen LogP contribution in [-0.4, -0.2) is 5.78 Å². The Morgan fingerprint density at radius 2 is 1.78 bits per heavy atom. The summed E-state index contributed by atoms with van der Waals surface area (Å²) in [5, 5.41) is 0.920. The fraction of sp³-hybridized carbons (Fsp3) is 0. The van der Waals surface area contributed by atoms with Crippen LogP contribution in [0.2, 0.25) is 0 Å². The van der Waals surface area contributed by atoms with E-state index in [-0.39, 0.29) is 5.78 Å². The highest BCUT2D eigenvalue weighted by atomic mass is 79.9. The molecular formula is C15H9BrO2. The van der Waals surface area contributed by atoms with E-state index in [4.69, 9.17) is 4.42 Å². The van der Waals surface area contributed by atoms with Gasteiger partial charge in [-0.1, -0.05) is 42.5 Å². The zero-order chi connectivity index (χ0) is 12.5. The van der Waals surface area contributed by atoms with Crippen molar-refractivity contribution < 1.29 is 9.21 Å². The van der Waals surface area contributed by atoms with Crippen molar-refractivity contribution in [1.29, 1.82) is 0 Å². The zero-order valence-corrected chi connectivity index (χ0v) is 11.0. The molecular weight excluding hydrogens is 292 g/mol. The number of carbonyl (C=O) groups is 1. The van der Waals surface area contributed by atoms with Crippen LogP contribution in [0.25, 0.3) is 11.0 Å². The number of furan rings is 1. The number of halogens is 1. The summed E-state index contributed by atoms with van der Waals surface area (Å²) in [6, 6.07) is 16.6. The molecule has 0 amide bonds. The Balaban J connectivity index is 2.10. The second-order valence-electron chi connectivity index (χ2n) is 3.96. The Morgan fingerprint density at radius 1 is 1.00 bits per heavy atom. The predicted octanol–water partition coefficient (Wildman–Crippen LogP) is 4.43. The molecule has 0 aliphatic rings. The van der Waals surface area contributed by atoms with E-state index in [1.54, 1.807) is 18.2 Å². The third-order valence-electron chi connectivity index (χ3n) is 2.76. The first-order valence-electron chi connectivity index (χ1n) is 5.53. The normalized spacial score (nSPS) is 10.7. The van der Waals surface area contributed by atoms with Gasteiger partial charge in [0.1, 0.15) is 5.58 Å². The van der Waals surface area contributed by atoms with Crippen molar-refractivity contribution in [3.05, 3.63) is 70.4 Å². The van der Waals surface area contributed by atoms with E-state index in [0.717, 1.165) is 9.86 Å². The molecule has 3 heteroatoms. The molecule has 0 fully saturated rings. The lowest BCUT2D eigenvalue weighted by molar-refractivity contribution is 0.101. The molecule has 0 aliphatic carbocycles. The van der Waals surface area contributed by atoms with Crippen LogP contribution in [0.3, 0.4) is 0 Å². The maximum atomic E-state index is 12.2. The van der Waals surface area contributed by atoms with E-state index in [1.165, 1.54) is 0 Å². The van der Waals surface area contributed by atoms with Crippen molar-refractivity contribution in [3.63, 3.8) is 0 Å². The van der Waals surface area contributed by atoms with Crippen molar-refractivity contribution in [2.24, 2.45) is 0 Å². The molecule has 0 spiro atoms. The molecule has 0 atom stereocenters. The molecule has 0 N–H and O–H groups in total. The van der Waals surface area contributed by atoms with Gasteiger partial charge in [0.25, 0.3) is 0 Å². The summed E-state index contributed by atoms with van der Waals surface area (Å²) in [6.45, 7) is 0. The van der Waals surface area contributed by atoms with Gasteiger partial charge < -0.3 is 4.42 Å². The van der Waals surface area contributed by atoms with Gasteiger partial charge in [0, 0.05) is 10.9 Å². The number of hydrogen-bond acceptors (Lipinski definition) is 2. The standard InChI is InChI=1S/C15H9BrO2/c16-12-8-4-7-11-9-13(18-15(11)12)14(17)10-5-2-1-3-6-10/h1-9H. The Kier molecular flexibility index (Phi) is 2.76. The SMILES string of the molecule is O=C(c1ccccc1)c1cc2cccc(Br)c2o1. The molecule has 2 nitrogen and oxygen atoms in total. The van der Waals surface area contributed by atoms with Crippen LogP contribution >= 0.6 is 15.9 Å². The minimum atomic E-state index is -0.0984. The van der Waals surface area contributed by atoms with Gasteiger partial charge in [0.15, 0.2) is 5.76 Å². The van der Waals surface area contributed by atoms with Gasteiger partial charge in [-0.05, 0) is 28.1 Å². The summed E-state index contributed by atoms with van der Waals surface area (Å²) in [7, 11) is 0. The highest BCUT2D eigenvalue weighted by molar-refractivity contribution is 9.10. The number of benzene rings is 2. The molecule has 0 bridgehead atoms. The lowest BCUT2D eigenvalue weighted by Gasteiger charge is -1.95. The first-order valence-corrected chi connectivity index (χ1v) is 6.33. The van der Waals surface area contributed by atoms with Crippen molar-refractivity contribution in [2.45, 2.75) is 0 Å². The van der Waals surface area contributed by atoms with E-state index in [2.05, 4.69) is 15.9 Å². The van der Waals surface area contributed by atoms with E-state index in [0.29, 0.717) is 16.9 Å². The Hall–Kier alpha value is -1.87. The zero-order valence-electron chi connectivity index (χ0n) is 9.39. The minimum Gasteiger partial charge on any atom is -0.451 e. The Morgan fingerprint density at radius 3 is 2.50 bits per heavy atom. The van der Waals surface area contributed by atoms with E-state index >= 15 is 0 Å². The lowest BCUT2D eigenvalue weighted by atomic mass is 10.1. The smallest absolute Gasteiger partial charge is 0.228 e. The molecule has 1 heterocycles. The predicted molar refractivity (Wildman–Crippen MR) is 73.8 cm³/mol. The van der Waals surface area contributed by atoms with Crippen LogP contribution in [0.4, 0.5) is 0 Å². The number of fused-ring (bicyclic) bond motifs is 1. The number of ketones is 1. The molecule has 1 aromatic heterocycles. The first kappa shape index (κ1) is 11.2. The fourth-order valence-corrected chi connectivity index (χ4v) is 2.33. The third-order valence-corrected chi connectivity index (χ3v) is 3.38. The van der Waals surface area contributed by atoms with Crippen LogP contribution in [0, 0.1) is 0 Å². The van der Waals surface area contributed by atoms with Crippen molar-refractivity contribution in [1.82, 2.24) is 0 Å². The maximum Gasteiger partial charge on any atom is 0.228 e. The average Bonchev–Trinajstić information content (AvgIpc) is 2.84. The summed E-state index contributed by atoms with van der Waals surface area (Å²) >= 11 is 3.41. The fourth-order valence-electron chi connectivity index (χ4n) is 1.87. The Bertz CT molecular complexity index is 714. The Labute approximate surface area is 112 Å². The van der Waals surface area contributed by atoms with Gasteiger partial charge >= 0.3 is 0 Å². The number of rotatable bonds is 2. The monoisotopic (exact) mass is 300 g/mol. The van der Waals surface area contributed by atoms with Crippen LogP contribution in [0.1, 0.15) is 16.1 Å². The number of para-hydroxylation sites is 1. The molecule has 0 saturated carbocycles. The number of carbonyl (C=O) groups excluding carboxylic acids is 1. The first-order chi connectivity index (χ1) is 8.75. The van der Waals surface area contributed by atoms with E-state index < -0.39 is 0 Å². The second-order valence-corrected chi connectivity index (χ2v) is 4.82. The van der Waals surface area contributed by atoms with E-state index in [1.807, 2.05) is 36.4 Å². The molecule has 0 radical (unpaired) electrons. The maximum absolute atomic E-state index is 12.2. The molecule has 0 saturated heterocycles. The van der Waals surface area contributed by atoms with Gasteiger partial charge in [-0.25, -0.2) is 0 Å². The quantitative estimate of drug-likeness (QED) is 0.656. The third kappa shape index (κ3) is 1.87. The largest absolute Gasteiger partial charge is 0.451 e. The van der Waals surface area contributed by atoms with Crippen LogP contribution in [0.15, 0.2) is 63.5 Å². The second kappa shape index (κ2) is 4.42. The van der Waals surface area contributed by atoms with Crippen LogP contribution < -0.4 is 0 Å². The summed E-state index contributed by atoms with van der Waals surface area (Å²) in [4.78, 5) is 12.2. The van der Waals surface area contributed by atoms with Gasteiger partial charge in [-0.2, -0.15) is 0 Å². The molecule has 3 aromatic rings. The van der Waals surface area contributed by atoms with Gasteiger partial charge in [0.05, 0.1) is 4.47 Å². The summed E-state index contributed by atoms with van der Waals surface area (Å²) in [5.41, 5.74) is 1.34. The van der Waals surface area contributed by atoms with Gasteiger partial charge in [0.2, 0.25) is 5.78 Å². The van der Waals surface area contributed by atoms with Crippen LogP contribution in [0.5, 0.6) is 0 Å². The summed E-state index contributed by atoms with van der Waals surface area (Å²) in [6.07, 6.45) is 0. The lowest BCUT2D eigenvalue weighted by Crippen LogP contribution is -1.98. The molecule has 18 heavy (non-hydrogen) atoms. The van der Waals surface area contributed by atoms with E-state index in [9.17, 15) is 4.79 Å². The topological polar surface area (TPSA) is 30.2 Å². The van der Waals surface area contributed by atoms with Crippen LogP contribution in [-0.2, 0) is 0 Å². The highest BCUT2D eigenvalue weighted by Crippen LogP contribution is 2.27. The minimum absolute atomic E-state index is 0.0984. The highest BCUT2D eigenvalue weighted by Gasteiger charge is 2.15. The van der Waals surface area contributed by atoms with Gasteiger partial charge in [-0.15, -0.1) is 0 Å². The summed E-state index contributed by atoms with van der Waals surface area (Å²) in [5.74, 6) is 0.266. The molecule has 0 unspecified atom stereocenters. The van der Waals surface area contributed by atoms with Gasteiger partial charge in [-0.3, -0.25) is 4.79 Å².